The fourth-order valence-corrected chi connectivity index (χ4v) is 0.939. The molecular weight excluding hydrogens is 128 g/mol. The van der Waals surface area contributed by atoms with E-state index in [1.165, 1.54) is 0 Å². The average molecular weight is 138 g/mol. The van der Waals surface area contributed by atoms with Crippen LogP contribution in [-0.2, 0) is 0 Å². The number of nitrogens with two attached hydrogens (primary N) is 1. The molecule has 3 nitrogen and oxygen atoms in total. The number of hydrogen-bond donors (Lipinski definition) is 1. The van der Waals surface area contributed by atoms with Crippen LogP contribution in [0.4, 0.5) is 0 Å². The maximum absolute atomic E-state index is 10.1. The van der Waals surface area contributed by atoms with Gasteiger partial charge >= 0.3 is 0 Å². The van der Waals surface area contributed by atoms with Crippen LogP contribution in [0.15, 0.2) is 28.6 Å². The molecule has 54 valence electrons. The van der Waals surface area contributed by atoms with Gasteiger partial charge in [-0.3, -0.25) is 0 Å². The zero-order chi connectivity index (χ0) is 7.56. The van der Waals surface area contributed by atoms with E-state index >= 15 is 0 Å². The Kier molecular flexibility index (Phi) is 1.85. The summed E-state index contributed by atoms with van der Waals surface area (Å²) in [5.74, 6) is 0. The van der Waals surface area contributed by atoms with Crippen LogP contribution in [0.5, 0.6) is 0 Å². The SMILES string of the molecule is CC1=CC=C(N)C(N=O)C1. The van der Waals surface area contributed by atoms with Crippen molar-refractivity contribution in [3.8, 4) is 0 Å². The first kappa shape index (κ1) is 6.99. The highest BCUT2D eigenvalue weighted by Gasteiger charge is 2.14. The van der Waals surface area contributed by atoms with Gasteiger partial charge in [0.15, 0.2) is 0 Å². The van der Waals surface area contributed by atoms with Crippen molar-refractivity contribution < 1.29 is 0 Å². The van der Waals surface area contributed by atoms with Gasteiger partial charge in [0.2, 0.25) is 0 Å². The zero-order valence-electron chi connectivity index (χ0n) is 5.87. The van der Waals surface area contributed by atoms with Gasteiger partial charge < -0.3 is 5.73 Å². The maximum Gasteiger partial charge on any atom is 0.135 e. The van der Waals surface area contributed by atoms with Gasteiger partial charge in [0.05, 0.1) is 0 Å². The Morgan fingerprint density at radius 1 is 1.70 bits per heavy atom. The molecule has 0 saturated heterocycles. The summed E-state index contributed by atoms with van der Waals surface area (Å²) in [4.78, 5) is 10.1. The van der Waals surface area contributed by atoms with Gasteiger partial charge in [0.1, 0.15) is 6.04 Å². The van der Waals surface area contributed by atoms with E-state index in [-0.39, 0.29) is 6.04 Å². The second-order valence-corrected chi connectivity index (χ2v) is 2.51. The number of hydrogen-bond acceptors (Lipinski definition) is 3. The lowest BCUT2D eigenvalue weighted by molar-refractivity contribution is 0.732. The first-order valence-electron chi connectivity index (χ1n) is 3.19. The van der Waals surface area contributed by atoms with Crippen molar-refractivity contribution in [2.75, 3.05) is 0 Å². The average Bonchev–Trinajstić information content (AvgIpc) is 1.94. The van der Waals surface area contributed by atoms with Crippen LogP contribution < -0.4 is 5.73 Å². The van der Waals surface area contributed by atoms with Crippen molar-refractivity contribution in [1.29, 1.82) is 0 Å². The van der Waals surface area contributed by atoms with E-state index in [0.29, 0.717) is 12.1 Å². The molecule has 0 amide bonds. The van der Waals surface area contributed by atoms with E-state index in [9.17, 15) is 4.91 Å². The zero-order valence-corrected chi connectivity index (χ0v) is 5.87. The molecule has 0 aromatic rings. The smallest absolute Gasteiger partial charge is 0.135 e. The summed E-state index contributed by atoms with van der Waals surface area (Å²) in [5, 5.41) is 2.89. The molecule has 1 aliphatic rings. The molecular formula is C7H10N2O. The maximum atomic E-state index is 10.1. The topological polar surface area (TPSA) is 55.4 Å². The predicted octanol–water partition coefficient (Wildman–Crippen LogP) is 1.31. The van der Waals surface area contributed by atoms with Crippen molar-refractivity contribution >= 4 is 0 Å². The largest absolute Gasteiger partial charge is 0.400 e. The van der Waals surface area contributed by atoms with Gasteiger partial charge in [-0.05, 0) is 19.4 Å². The van der Waals surface area contributed by atoms with Crippen LogP contribution in [0, 0.1) is 4.91 Å². The molecule has 0 fully saturated rings. The number of rotatable bonds is 1. The molecule has 0 heterocycles. The standard InChI is InChI=1S/C7H10N2O/c1-5-2-3-6(8)7(4-5)9-10/h2-3,7H,4,8H2,1H3. The summed E-state index contributed by atoms with van der Waals surface area (Å²) >= 11 is 0. The summed E-state index contributed by atoms with van der Waals surface area (Å²) in [6.45, 7) is 1.96. The van der Waals surface area contributed by atoms with Gasteiger partial charge in [-0.15, -0.1) is 0 Å². The molecule has 0 saturated carbocycles. The fraction of sp³-hybridized carbons (Fsp3) is 0.429. The predicted molar refractivity (Wildman–Crippen MR) is 40.2 cm³/mol. The van der Waals surface area contributed by atoms with E-state index < -0.39 is 0 Å². The lowest BCUT2D eigenvalue weighted by Crippen LogP contribution is -2.17. The third-order valence-corrected chi connectivity index (χ3v) is 1.59. The van der Waals surface area contributed by atoms with E-state index in [1.807, 2.05) is 13.0 Å². The molecule has 1 rings (SSSR count). The summed E-state index contributed by atoms with van der Waals surface area (Å²) in [5.41, 5.74) is 7.20. The van der Waals surface area contributed by atoms with Gasteiger partial charge in [0.25, 0.3) is 0 Å². The fourth-order valence-electron chi connectivity index (χ4n) is 0.939. The van der Waals surface area contributed by atoms with E-state index in [0.717, 1.165) is 5.57 Å². The highest BCUT2D eigenvalue weighted by atomic mass is 16.3. The van der Waals surface area contributed by atoms with Gasteiger partial charge in [-0.25, -0.2) is 0 Å². The second-order valence-electron chi connectivity index (χ2n) is 2.51. The summed E-state index contributed by atoms with van der Waals surface area (Å²) < 4.78 is 0. The van der Waals surface area contributed by atoms with Crippen LogP contribution >= 0.6 is 0 Å². The minimum atomic E-state index is -0.329. The van der Waals surface area contributed by atoms with Crippen molar-refractivity contribution in [1.82, 2.24) is 0 Å². The summed E-state index contributed by atoms with van der Waals surface area (Å²) in [7, 11) is 0. The van der Waals surface area contributed by atoms with Gasteiger partial charge in [-0.2, -0.15) is 4.91 Å². The Labute approximate surface area is 59.6 Å². The number of allylic oxidation sites excluding steroid dienone is 2. The van der Waals surface area contributed by atoms with Crippen LogP contribution in [0.1, 0.15) is 13.3 Å². The summed E-state index contributed by atoms with van der Waals surface area (Å²) in [6.07, 6.45) is 4.33. The van der Waals surface area contributed by atoms with Crippen LogP contribution in [0.25, 0.3) is 0 Å². The molecule has 10 heavy (non-hydrogen) atoms. The molecule has 0 aliphatic heterocycles. The normalized spacial score (nSPS) is 25.1. The molecule has 2 N–H and O–H groups in total. The minimum Gasteiger partial charge on any atom is -0.400 e. The van der Waals surface area contributed by atoms with Crippen LogP contribution in [0.3, 0.4) is 0 Å². The Balaban J connectivity index is 2.77. The molecule has 0 radical (unpaired) electrons. The van der Waals surface area contributed by atoms with Crippen molar-refractivity contribution in [3.63, 3.8) is 0 Å². The molecule has 0 spiro atoms. The van der Waals surface area contributed by atoms with E-state index in [4.69, 9.17) is 5.73 Å². The summed E-state index contributed by atoms with van der Waals surface area (Å²) in [6, 6.07) is -0.329. The van der Waals surface area contributed by atoms with Crippen molar-refractivity contribution in [2.24, 2.45) is 10.9 Å². The van der Waals surface area contributed by atoms with Crippen LogP contribution in [-0.4, -0.2) is 6.04 Å². The molecule has 0 aromatic carbocycles. The molecule has 1 aliphatic carbocycles. The highest BCUT2D eigenvalue weighted by Crippen LogP contribution is 2.17. The quantitative estimate of drug-likeness (QED) is 0.555. The Hall–Kier alpha value is -1.12. The first-order valence-corrected chi connectivity index (χ1v) is 3.19. The third kappa shape index (κ3) is 1.23. The molecule has 0 aromatic heterocycles. The lowest BCUT2D eigenvalue weighted by Gasteiger charge is -2.12. The molecule has 3 heteroatoms. The number of nitroso groups, excluding NO2 is 1. The molecule has 0 bridgehead atoms. The Morgan fingerprint density at radius 2 is 2.40 bits per heavy atom. The minimum absolute atomic E-state index is 0.329. The Bertz CT molecular complexity index is 206. The highest BCUT2D eigenvalue weighted by molar-refractivity contribution is 5.26. The number of nitrogens with zero attached hydrogens (tertiary/aromatic N) is 1. The Morgan fingerprint density at radius 3 is 2.90 bits per heavy atom. The first-order chi connectivity index (χ1) is 4.74. The van der Waals surface area contributed by atoms with Gasteiger partial charge in [0, 0.05) is 5.70 Å². The third-order valence-electron chi connectivity index (χ3n) is 1.59. The van der Waals surface area contributed by atoms with E-state index in [2.05, 4.69) is 5.18 Å². The lowest BCUT2D eigenvalue weighted by atomic mass is 10.0. The monoisotopic (exact) mass is 138 g/mol. The van der Waals surface area contributed by atoms with Crippen molar-refractivity contribution in [3.05, 3.63) is 28.3 Å². The molecule has 1 unspecified atom stereocenters. The van der Waals surface area contributed by atoms with Gasteiger partial charge in [-0.1, -0.05) is 16.8 Å². The van der Waals surface area contributed by atoms with E-state index in [1.54, 1.807) is 6.08 Å². The van der Waals surface area contributed by atoms with Crippen molar-refractivity contribution in [2.45, 2.75) is 19.4 Å². The van der Waals surface area contributed by atoms with Crippen LogP contribution in [0.2, 0.25) is 0 Å². The second kappa shape index (κ2) is 2.64. The molecule has 1 atom stereocenters.